The summed E-state index contributed by atoms with van der Waals surface area (Å²) in [5.41, 5.74) is 8.71. The van der Waals surface area contributed by atoms with E-state index in [1.807, 2.05) is 26.1 Å². The van der Waals surface area contributed by atoms with Gasteiger partial charge in [-0.15, -0.1) is 0 Å². The lowest BCUT2D eigenvalue weighted by atomic mass is 9.99. The number of aliphatic hydroxyl groups excluding tert-OH is 1. The van der Waals surface area contributed by atoms with Crippen LogP contribution < -0.4 is 20.5 Å². The zero-order valence-electron chi connectivity index (χ0n) is 27.5. The van der Waals surface area contributed by atoms with Gasteiger partial charge in [-0.05, 0) is 86.3 Å². The number of nitrogens with one attached hydrogen (secondary N) is 2. The summed E-state index contributed by atoms with van der Waals surface area (Å²) >= 11 is 0. The Morgan fingerprint density at radius 2 is 1.78 bits per heavy atom. The van der Waals surface area contributed by atoms with E-state index >= 15 is 0 Å². The number of aliphatic hydroxyl groups is 1. The summed E-state index contributed by atoms with van der Waals surface area (Å²) in [6.45, 7) is 4.78. The summed E-state index contributed by atoms with van der Waals surface area (Å²) in [6, 6.07) is 22.7. The van der Waals surface area contributed by atoms with E-state index in [9.17, 15) is 27.5 Å². The number of para-hydroxylation sites is 2. The minimum absolute atomic E-state index is 0.128. The van der Waals surface area contributed by atoms with Gasteiger partial charge in [-0.3, -0.25) is 19.2 Å². The van der Waals surface area contributed by atoms with E-state index in [1.165, 1.54) is 12.1 Å². The number of ether oxygens (including phenoxy) is 1. The minimum atomic E-state index is -4.07. The third kappa shape index (κ3) is 8.55. The molecule has 0 saturated carbocycles. The van der Waals surface area contributed by atoms with Gasteiger partial charge in [0.15, 0.2) is 0 Å². The van der Waals surface area contributed by atoms with E-state index in [2.05, 4.69) is 14.9 Å². The molecule has 4 aromatic rings. The van der Waals surface area contributed by atoms with Crippen LogP contribution in [0.5, 0.6) is 5.75 Å². The first-order chi connectivity index (χ1) is 23.3. The largest absolute Gasteiger partial charge is 0.488 e. The number of nitrogens with two attached hydrogens (primary N) is 1. The number of sulfonamides is 1. The summed E-state index contributed by atoms with van der Waals surface area (Å²) in [4.78, 5) is 30.1. The molecule has 1 aliphatic rings. The molecule has 0 spiro atoms. The lowest BCUT2D eigenvalue weighted by molar-refractivity contribution is 0.0341. The number of nitrogen functional groups attached to an aromatic ring is 1. The number of hydrogen-bond acceptors (Lipinski definition) is 8. The summed E-state index contributed by atoms with van der Waals surface area (Å²) in [6.07, 6.45) is -0.381. The van der Waals surface area contributed by atoms with Crippen LogP contribution in [0.15, 0.2) is 95.9 Å². The predicted molar refractivity (Wildman–Crippen MR) is 186 cm³/mol. The summed E-state index contributed by atoms with van der Waals surface area (Å²) in [7, 11) is -2.12. The number of likely N-dealkylation sites (N-methyl/N-ethyl adjacent to an activating group) is 1. The molecular weight excluding hydrogens is 649 g/mol. The third-order valence-corrected chi connectivity index (χ3v) is 9.81. The van der Waals surface area contributed by atoms with Crippen LogP contribution in [-0.2, 0) is 16.6 Å². The second kappa shape index (κ2) is 15.1. The molecule has 1 heterocycles. The van der Waals surface area contributed by atoms with Gasteiger partial charge < -0.3 is 25.8 Å². The van der Waals surface area contributed by atoms with E-state index in [-0.39, 0.29) is 46.4 Å². The van der Waals surface area contributed by atoms with E-state index in [0.717, 1.165) is 29.8 Å². The van der Waals surface area contributed by atoms with Crippen molar-refractivity contribution in [2.45, 2.75) is 37.4 Å². The molecular formula is C36H40FN5O6S. The number of halogens is 1. The average molecular weight is 690 g/mol. The molecule has 0 aliphatic carbocycles. The number of anilines is 3. The van der Waals surface area contributed by atoms with Crippen molar-refractivity contribution < 1.29 is 32.2 Å². The summed E-state index contributed by atoms with van der Waals surface area (Å²) in [5.74, 6) is -1.10. The maximum atomic E-state index is 13.8. The van der Waals surface area contributed by atoms with Crippen LogP contribution in [0.1, 0.15) is 40.1 Å². The van der Waals surface area contributed by atoms with Crippen LogP contribution >= 0.6 is 0 Å². The summed E-state index contributed by atoms with van der Waals surface area (Å²) < 4.78 is 48.3. The van der Waals surface area contributed by atoms with Crippen LogP contribution in [0.3, 0.4) is 0 Å². The van der Waals surface area contributed by atoms with Gasteiger partial charge in [0, 0.05) is 36.8 Å². The van der Waals surface area contributed by atoms with Gasteiger partial charge >= 0.3 is 0 Å². The normalized spacial score (nSPS) is 17.0. The SMILES string of the molecule is C[C@H]1CN([C@@H](C)CO)C(=O)c2cc(NS(=O)(=O)c3ccc(F)cc3)ccc2O[C@@H]1CN(C)Cc1ccc(C(=O)Nc2ccccc2N)cc1. The second-order valence-corrected chi connectivity index (χ2v) is 14.0. The molecule has 0 fully saturated rings. The zero-order valence-corrected chi connectivity index (χ0v) is 28.3. The van der Waals surface area contributed by atoms with Gasteiger partial charge in [-0.25, -0.2) is 12.8 Å². The Bertz CT molecular complexity index is 1910. The molecule has 2 amide bonds. The van der Waals surface area contributed by atoms with E-state index in [0.29, 0.717) is 36.6 Å². The number of hydrogen-bond donors (Lipinski definition) is 4. The Balaban J connectivity index is 1.32. The predicted octanol–water partition coefficient (Wildman–Crippen LogP) is 4.81. The molecule has 4 aromatic carbocycles. The lowest BCUT2D eigenvalue weighted by Gasteiger charge is -2.38. The van der Waals surface area contributed by atoms with Crippen molar-refractivity contribution in [1.29, 1.82) is 0 Å². The fraction of sp³-hybridized carbons (Fsp3) is 0.278. The number of rotatable bonds is 11. The highest BCUT2D eigenvalue weighted by atomic mass is 32.2. The van der Waals surface area contributed by atoms with Gasteiger partial charge in [-0.2, -0.15) is 0 Å². The third-order valence-electron chi connectivity index (χ3n) is 8.41. The number of carbonyl (C=O) groups excluding carboxylic acids is 2. The smallest absolute Gasteiger partial charge is 0.261 e. The highest BCUT2D eigenvalue weighted by Gasteiger charge is 2.34. The molecule has 0 unspecified atom stereocenters. The van der Waals surface area contributed by atoms with Crippen LogP contribution in [0, 0.1) is 11.7 Å². The fourth-order valence-electron chi connectivity index (χ4n) is 5.58. The number of nitrogens with zero attached hydrogens (tertiary/aromatic N) is 2. The monoisotopic (exact) mass is 689 g/mol. The quantitative estimate of drug-likeness (QED) is 0.164. The van der Waals surface area contributed by atoms with E-state index in [1.54, 1.807) is 54.3 Å². The maximum absolute atomic E-state index is 13.8. The molecule has 3 atom stereocenters. The van der Waals surface area contributed by atoms with Gasteiger partial charge in [0.2, 0.25) is 0 Å². The lowest BCUT2D eigenvalue weighted by Crippen LogP contribution is -2.49. The molecule has 0 aromatic heterocycles. The van der Waals surface area contributed by atoms with Crippen molar-refractivity contribution >= 4 is 38.9 Å². The summed E-state index contributed by atoms with van der Waals surface area (Å²) in [5, 5.41) is 12.8. The Morgan fingerprint density at radius 1 is 1.08 bits per heavy atom. The number of amides is 2. The van der Waals surface area contributed by atoms with Crippen molar-refractivity contribution in [3.05, 3.63) is 114 Å². The molecule has 49 heavy (non-hydrogen) atoms. The zero-order chi connectivity index (χ0) is 35.3. The molecule has 5 rings (SSSR count). The molecule has 258 valence electrons. The molecule has 11 nitrogen and oxygen atoms in total. The molecule has 0 bridgehead atoms. The van der Waals surface area contributed by atoms with Crippen molar-refractivity contribution in [2.75, 3.05) is 42.5 Å². The molecule has 1 aliphatic heterocycles. The van der Waals surface area contributed by atoms with Crippen molar-refractivity contribution in [3.63, 3.8) is 0 Å². The standard InChI is InChI=1S/C36H40FN5O6S/c1-23-19-42(24(2)22-43)36(45)30-18-28(40-49(46,47)29-15-12-27(37)13-16-29)14-17-33(30)48-34(23)21-41(3)20-25-8-10-26(11-9-25)35(44)39-32-7-5-4-6-31(32)38/h4-18,23-24,34,40,43H,19-22,38H2,1-3H3,(H,39,44)/t23-,24-,34+/m0/s1. The Hall–Kier alpha value is -4.98. The Labute approximate surface area is 285 Å². The highest BCUT2D eigenvalue weighted by Crippen LogP contribution is 2.31. The van der Waals surface area contributed by atoms with Gasteiger partial charge in [-0.1, -0.05) is 31.2 Å². The first kappa shape index (κ1) is 35.3. The first-order valence-corrected chi connectivity index (χ1v) is 17.3. The second-order valence-electron chi connectivity index (χ2n) is 12.3. The van der Waals surface area contributed by atoms with Crippen molar-refractivity contribution in [3.8, 4) is 5.75 Å². The van der Waals surface area contributed by atoms with Crippen molar-refractivity contribution in [1.82, 2.24) is 9.80 Å². The molecule has 13 heteroatoms. The van der Waals surface area contributed by atoms with Gasteiger partial charge in [0.05, 0.1) is 34.5 Å². The van der Waals surface area contributed by atoms with Crippen LogP contribution in [0.25, 0.3) is 0 Å². The van der Waals surface area contributed by atoms with Crippen LogP contribution in [0.4, 0.5) is 21.5 Å². The number of fused-ring (bicyclic) bond motifs is 1. The Morgan fingerprint density at radius 3 is 2.45 bits per heavy atom. The average Bonchev–Trinajstić information content (AvgIpc) is 3.07. The maximum Gasteiger partial charge on any atom is 0.261 e. The molecule has 0 radical (unpaired) electrons. The topological polar surface area (TPSA) is 154 Å². The number of benzene rings is 4. The molecule has 5 N–H and O–H groups in total. The minimum Gasteiger partial charge on any atom is -0.488 e. The van der Waals surface area contributed by atoms with E-state index < -0.39 is 27.8 Å². The molecule has 0 saturated heterocycles. The first-order valence-electron chi connectivity index (χ1n) is 15.8. The van der Waals surface area contributed by atoms with Crippen LogP contribution in [-0.4, -0.2) is 74.0 Å². The van der Waals surface area contributed by atoms with E-state index in [4.69, 9.17) is 10.5 Å². The van der Waals surface area contributed by atoms with Crippen LogP contribution in [0.2, 0.25) is 0 Å². The number of carbonyl (C=O) groups is 2. The highest BCUT2D eigenvalue weighted by molar-refractivity contribution is 7.92. The fourth-order valence-corrected chi connectivity index (χ4v) is 6.63. The van der Waals surface area contributed by atoms with Gasteiger partial charge in [0.25, 0.3) is 21.8 Å². The van der Waals surface area contributed by atoms with Crippen molar-refractivity contribution in [2.24, 2.45) is 5.92 Å². The van der Waals surface area contributed by atoms with Gasteiger partial charge in [0.1, 0.15) is 17.7 Å². The Kier molecular flexibility index (Phi) is 10.9.